The summed E-state index contributed by atoms with van der Waals surface area (Å²) in [6.45, 7) is 0.791. The maximum absolute atomic E-state index is 13.1. The van der Waals surface area contributed by atoms with E-state index in [0.717, 1.165) is 37.2 Å². The van der Waals surface area contributed by atoms with Gasteiger partial charge in [-0.25, -0.2) is 8.78 Å². The van der Waals surface area contributed by atoms with Crippen LogP contribution in [-0.2, 0) is 16.6 Å². The molecule has 1 saturated heterocycles. The number of nitrogens with zero attached hydrogens (tertiary/aromatic N) is 2. The predicted octanol–water partition coefficient (Wildman–Crippen LogP) is 2.20. The molecule has 0 aliphatic carbocycles. The summed E-state index contributed by atoms with van der Waals surface area (Å²) in [6, 6.07) is 7.30. The van der Waals surface area contributed by atoms with E-state index in [9.17, 15) is 18.4 Å². The summed E-state index contributed by atoms with van der Waals surface area (Å²) in [7, 11) is 1.98. The van der Waals surface area contributed by atoms with Crippen LogP contribution in [0, 0.1) is 11.6 Å². The number of benzene rings is 1. The second-order valence-corrected chi connectivity index (χ2v) is 6.63. The fourth-order valence-electron chi connectivity index (χ4n) is 3.37. The smallest absolute Gasteiger partial charge is 0.243 e. The number of hydrogen-bond acceptors (Lipinski definition) is 3. The maximum Gasteiger partial charge on any atom is 0.243 e. The number of amides is 2. The van der Waals surface area contributed by atoms with E-state index in [0.29, 0.717) is 0 Å². The number of likely N-dealkylation sites (tertiary alicyclic amines) is 1. The molecule has 0 unspecified atom stereocenters. The SMILES string of the molecule is Cn1cccc1[C@@H]1CCCN1CC(=O)NCC(=O)Nc1ccc(F)c(F)c1. The molecule has 1 atom stereocenters. The molecule has 2 N–H and O–H groups in total. The van der Waals surface area contributed by atoms with Crippen LogP contribution in [0.1, 0.15) is 24.6 Å². The summed E-state index contributed by atoms with van der Waals surface area (Å²) in [5.74, 6) is -2.79. The largest absolute Gasteiger partial charge is 0.353 e. The molecule has 1 aromatic heterocycles. The zero-order valence-electron chi connectivity index (χ0n) is 15.0. The third kappa shape index (κ3) is 4.71. The molecule has 3 rings (SSSR count). The molecule has 2 aromatic rings. The molecular formula is C19H22F2N4O2. The summed E-state index contributed by atoms with van der Waals surface area (Å²) in [5, 5.41) is 4.99. The number of aryl methyl sites for hydroxylation is 1. The summed E-state index contributed by atoms with van der Waals surface area (Å²) < 4.78 is 28.1. The van der Waals surface area contributed by atoms with Gasteiger partial charge in [0.1, 0.15) is 0 Å². The third-order valence-corrected chi connectivity index (χ3v) is 4.69. The molecule has 144 valence electrons. The van der Waals surface area contributed by atoms with Crippen molar-refractivity contribution >= 4 is 17.5 Å². The van der Waals surface area contributed by atoms with Gasteiger partial charge in [-0.05, 0) is 43.7 Å². The van der Waals surface area contributed by atoms with E-state index in [1.807, 2.05) is 19.3 Å². The van der Waals surface area contributed by atoms with Crippen molar-refractivity contribution in [3.05, 3.63) is 53.9 Å². The molecule has 0 spiro atoms. The van der Waals surface area contributed by atoms with Crippen LogP contribution >= 0.6 is 0 Å². The van der Waals surface area contributed by atoms with Gasteiger partial charge in [-0.3, -0.25) is 14.5 Å². The summed E-state index contributed by atoms with van der Waals surface area (Å²) in [6.07, 6.45) is 3.98. The van der Waals surface area contributed by atoms with Crippen LogP contribution in [0.25, 0.3) is 0 Å². The van der Waals surface area contributed by atoms with Crippen LogP contribution in [0.4, 0.5) is 14.5 Å². The van der Waals surface area contributed by atoms with Crippen LogP contribution < -0.4 is 10.6 Å². The zero-order valence-corrected chi connectivity index (χ0v) is 15.0. The molecule has 8 heteroatoms. The highest BCUT2D eigenvalue weighted by Crippen LogP contribution is 2.31. The minimum atomic E-state index is -1.04. The van der Waals surface area contributed by atoms with E-state index in [4.69, 9.17) is 0 Å². The Morgan fingerprint density at radius 1 is 1.19 bits per heavy atom. The van der Waals surface area contributed by atoms with Gasteiger partial charge >= 0.3 is 0 Å². The summed E-state index contributed by atoms with van der Waals surface area (Å²) >= 11 is 0. The number of rotatable bonds is 6. The fourth-order valence-corrected chi connectivity index (χ4v) is 3.37. The average molecular weight is 376 g/mol. The van der Waals surface area contributed by atoms with Crippen molar-refractivity contribution in [2.45, 2.75) is 18.9 Å². The lowest BCUT2D eigenvalue weighted by Crippen LogP contribution is -2.40. The molecule has 0 radical (unpaired) electrons. The van der Waals surface area contributed by atoms with E-state index >= 15 is 0 Å². The van der Waals surface area contributed by atoms with Crippen molar-refractivity contribution in [3.63, 3.8) is 0 Å². The number of nitrogens with one attached hydrogen (secondary N) is 2. The van der Waals surface area contributed by atoms with Crippen LogP contribution in [-0.4, -0.2) is 40.9 Å². The highest BCUT2D eigenvalue weighted by Gasteiger charge is 2.28. The van der Waals surface area contributed by atoms with Gasteiger partial charge in [0.15, 0.2) is 11.6 Å². The van der Waals surface area contributed by atoms with Gasteiger partial charge in [-0.1, -0.05) is 0 Å². The van der Waals surface area contributed by atoms with Crippen molar-refractivity contribution in [2.75, 3.05) is 25.0 Å². The van der Waals surface area contributed by atoms with Crippen molar-refractivity contribution in [1.29, 1.82) is 0 Å². The summed E-state index contributed by atoms with van der Waals surface area (Å²) in [4.78, 5) is 26.2. The molecule has 0 saturated carbocycles. The van der Waals surface area contributed by atoms with Gasteiger partial charge in [0.05, 0.1) is 19.1 Å². The lowest BCUT2D eigenvalue weighted by atomic mass is 10.1. The Bertz CT molecular complexity index is 837. The topological polar surface area (TPSA) is 66.4 Å². The number of carbonyl (C=O) groups excluding carboxylic acids is 2. The first-order valence-corrected chi connectivity index (χ1v) is 8.81. The van der Waals surface area contributed by atoms with Crippen LogP contribution in [0.15, 0.2) is 36.5 Å². The fraction of sp³-hybridized carbons (Fsp3) is 0.368. The Kier molecular flexibility index (Phi) is 5.85. The Morgan fingerprint density at radius 3 is 2.70 bits per heavy atom. The molecule has 1 aliphatic heterocycles. The van der Waals surface area contributed by atoms with Crippen molar-refractivity contribution in [3.8, 4) is 0 Å². The monoisotopic (exact) mass is 376 g/mol. The molecule has 2 heterocycles. The van der Waals surface area contributed by atoms with Gasteiger partial charge in [0, 0.05) is 30.7 Å². The quantitative estimate of drug-likeness (QED) is 0.812. The van der Waals surface area contributed by atoms with E-state index in [-0.39, 0.29) is 30.7 Å². The van der Waals surface area contributed by atoms with Gasteiger partial charge in [-0.2, -0.15) is 0 Å². The first-order valence-electron chi connectivity index (χ1n) is 8.81. The summed E-state index contributed by atoms with van der Waals surface area (Å²) in [5.41, 5.74) is 1.30. The number of aromatic nitrogens is 1. The Hall–Kier alpha value is -2.74. The van der Waals surface area contributed by atoms with Gasteiger partial charge in [0.25, 0.3) is 0 Å². The standard InChI is InChI=1S/C19H22F2N4O2/c1-24-8-2-4-16(24)17-5-3-9-25(17)12-19(27)22-11-18(26)23-13-6-7-14(20)15(21)10-13/h2,4,6-8,10,17H,3,5,9,11-12H2,1H3,(H,22,27)(H,23,26)/t17-/m0/s1. The normalized spacial score (nSPS) is 17.1. The van der Waals surface area contributed by atoms with Gasteiger partial charge in [0.2, 0.25) is 11.8 Å². The lowest BCUT2D eigenvalue weighted by molar-refractivity contribution is -0.125. The van der Waals surface area contributed by atoms with E-state index in [1.165, 1.54) is 6.07 Å². The molecular weight excluding hydrogens is 354 g/mol. The number of carbonyl (C=O) groups is 2. The van der Waals surface area contributed by atoms with Crippen LogP contribution in [0.5, 0.6) is 0 Å². The van der Waals surface area contributed by atoms with Crippen molar-refractivity contribution in [1.82, 2.24) is 14.8 Å². The molecule has 1 aromatic carbocycles. The molecule has 1 aliphatic rings. The number of halogens is 2. The maximum atomic E-state index is 13.1. The lowest BCUT2D eigenvalue weighted by Gasteiger charge is -2.24. The minimum absolute atomic E-state index is 0.136. The molecule has 1 fully saturated rings. The van der Waals surface area contributed by atoms with Crippen molar-refractivity contribution in [2.24, 2.45) is 7.05 Å². The highest BCUT2D eigenvalue weighted by molar-refractivity contribution is 5.94. The van der Waals surface area contributed by atoms with Crippen molar-refractivity contribution < 1.29 is 18.4 Å². The Morgan fingerprint density at radius 2 is 2.00 bits per heavy atom. The van der Waals surface area contributed by atoms with Crippen LogP contribution in [0.2, 0.25) is 0 Å². The molecule has 0 bridgehead atoms. The highest BCUT2D eigenvalue weighted by atomic mass is 19.2. The Labute approximate surface area is 156 Å². The van der Waals surface area contributed by atoms with Crippen LogP contribution in [0.3, 0.4) is 0 Å². The van der Waals surface area contributed by atoms with Gasteiger partial charge < -0.3 is 15.2 Å². The van der Waals surface area contributed by atoms with Gasteiger partial charge in [-0.15, -0.1) is 0 Å². The van der Waals surface area contributed by atoms with E-state index in [2.05, 4.69) is 26.2 Å². The number of anilines is 1. The average Bonchev–Trinajstić information content (AvgIpc) is 3.25. The Balaban J connectivity index is 1.48. The second-order valence-electron chi connectivity index (χ2n) is 6.63. The molecule has 6 nitrogen and oxygen atoms in total. The van der Waals surface area contributed by atoms with E-state index in [1.54, 1.807) is 0 Å². The first kappa shape index (κ1) is 19.0. The molecule has 2 amide bonds. The minimum Gasteiger partial charge on any atom is -0.353 e. The van der Waals surface area contributed by atoms with E-state index < -0.39 is 17.5 Å². The predicted molar refractivity (Wildman–Crippen MR) is 97.0 cm³/mol. The second kappa shape index (κ2) is 8.30. The first-order chi connectivity index (χ1) is 12.9. The molecule has 27 heavy (non-hydrogen) atoms. The third-order valence-electron chi connectivity index (χ3n) is 4.69. The zero-order chi connectivity index (χ0) is 19.4. The number of hydrogen-bond donors (Lipinski definition) is 2.